The fourth-order valence-corrected chi connectivity index (χ4v) is 1.95. The minimum atomic E-state index is 0.501. The Morgan fingerprint density at radius 2 is 1.85 bits per heavy atom. The lowest BCUT2D eigenvalue weighted by Gasteiger charge is -2.19. The van der Waals surface area contributed by atoms with Gasteiger partial charge in [-0.05, 0) is 31.5 Å². The first-order valence-electron chi connectivity index (χ1n) is 6.76. The molecule has 1 aromatic carbocycles. The van der Waals surface area contributed by atoms with E-state index >= 15 is 0 Å². The molecule has 2 aromatic rings. The van der Waals surface area contributed by atoms with Gasteiger partial charge in [-0.3, -0.25) is 0 Å². The zero-order valence-corrected chi connectivity index (χ0v) is 12.3. The molecule has 0 aliphatic carbocycles. The van der Waals surface area contributed by atoms with Crippen molar-refractivity contribution < 1.29 is 4.74 Å². The highest BCUT2D eigenvalue weighted by Crippen LogP contribution is 2.23. The smallest absolute Gasteiger partial charge is 0.239 e. The second-order valence-corrected chi connectivity index (χ2v) is 4.84. The van der Waals surface area contributed by atoms with Gasteiger partial charge >= 0.3 is 0 Å². The van der Waals surface area contributed by atoms with Crippen molar-refractivity contribution >= 4 is 11.5 Å². The van der Waals surface area contributed by atoms with Gasteiger partial charge in [0.05, 0.1) is 12.3 Å². The van der Waals surface area contributed by atoms with E-state index < -0.39 is 0 Å². The number of benzene rings is 1. The van der Waals surface area contributed by atoms with Crippen molar-refractivity contribution in [3.63, 3.8) is 0 Å². The van der Waals surface area contributed by atoms with Crippen LogP contribution < -0.4 is 15.4 Å². The van der Waals surface area contributed by atoms with Crippen LogP contribution in [0.4, 0.5) is 11.5 Å². The Labute approximate surface area is 120 Å². The summed E-state index contributed by atoms with van der Waals surface area (Å²) < 4.78 is 5.43. The maximum atomic E-state index is 5.84. The summed E-state index contributed by atoms with van der Waals surface area (Å²) in [6.45, 7) is 5.36. The number of hydrogen-bond donors (Lipinski definition) is 1. The molecular weight excluding hydrogens is 250 g/mol. The third kappa shape index (κ3) is 3.41. The average Bonchev–Trinajstić information content (AvgIpc) is 2.44. The standard InChI is InChI=1S/C16H21N3O/c1-4-20-16-14(17)9-10-15(18-16)19(3)11-13-7-5-12(2)6-8-13/h5-10H,4,11,17H2,1-3H3. The Kier molecular flexibility index (Phi) is 4.45. The van der Waals surface area contributed by atoms with Gasteiger partial charge in [-0.25, -0.2) is 0 Å². The highest BCUT2D eigenvalue weighted by molar-refractivity contribution is 5.54. The minimum absolute atomic E-state index is 0.501. The van der Waals surface area contributed by atoms with Crippen LogP contribution in [0.2, 0.25) is 0 Å². The van der Waals surface area contributed by atoms with Crippen LogP contribution in [0.25, 0.3) is 0 Å². The van der Waals surface area contributed by atoms with Crippen LogP contribution in [-0.2, 0) is 6.54 Å². The summed E-state index contributed by atoms with van der Waals surface area (Å²) in [5, 5.41) is 0. The summed E-state index contributed by atoms with van der Waals surface area (Å²) in [4.78, 5) is 6.53. The highest BCUT2D eigenvalue weighted by atomic mass is 16.5. The molecule has 0 bridgehead atoms. The Morgan fingerprint density at radius 3 is 2.50 bits per heavy atom. The lowest BCUT2D eigenvalue weighted by atomic mass is 10.1. The monoisotopic (exact) mass is 271 g/mol. The Morgan fingerprint density at radius 1 is 1.15 bits per heavy atom. The average molecular weight is 271 g/mol. The van der Waals surface area contributed by atoms with Crippen LogP contribution in [0.5, 0.6) is 5.88 Å². The second-order valence-electron chi connectivity index (χ2n) is 4.84. The highest BCUT2D eigenvalue weighted by Gasteiger charge is 2.08. The van der Waals surface area contributed by atoms with E-state index in [0.29, 0.717) is 18.2 Å². The first kappa shape index (κ1) is 14.2. The summed E-state index contributed by atoms with van der Waals surface area (Å²) in [6, 6.07) is 12.2. The van der Waals surface area contributed by atoms with Crippen LogP contribution >= 0.6 is 0 Å². The molecule has 0 atom stereocenters. The molecule has 1 aromatic heterocycles. The number of pyridine rings is 1. The molecular formula is C16H21N3O. The summed E-state index contributed by atoms with van der Waals surface area (Å²) in [6.07, 6.45) is 0. The van der Waals surface area contributed by atoms with Gasteiger partial charge in [-0.15, -0.1) is 0 Å². The molecule has 0 fully saturated rings. The number of hydrogen-bond acceptors (Lipinski definition) is 4. The molecule has 106 valence electrons. The summed E-state index contributed by atoms with van der Waals surface area (Å²) in [5.41, 5.74) is 8.92. The summed E-state index contributed by atoms with van der Waals surface area (Å²) in [5.74, 6) is 1.35. The zero-order chi connectivity index (χ0) is 14.5. The predicted octanol–water partition coefficient (Wildman–Crippen LogP) is 3.01. The first-order chi connectivity index (χ1) is 9.60. The van der Waals surface area contributed by atoms with Crippen molar-refractivity contribution in [2.24, 2.45) is 0 Å². The Balaban J connectivity index is 2.14. The molecule has 4 heteroatoms. The number of nitrogens with zero attached hydrogens (tertiary/aromatic N) is 2. The zero-order valence-electron chi connectivity index (χ0n) is 12.3. The van der Waals surface area contributed by atoms with E-state index in [9.17, 15) is 0 Å². The van der Waals surface area contributed by atoms with Gasteiger partial charge in [0.25, 0.3) is 0 Å². The van der Waals surface area contributed by atoms with Crippen LogP contribution in [0.3, 0.4) is 0 Å². The third-order valence-corrected chi connectivity index (χ3v) is 3.09. The van der Waals surface area contributed by atoms with Crippen molar-refractivity contribution in [2.75, 3.05) is 24.3 Å². The molecule has 0 saturated heterocycles. The lowest BCUT2D eigenvalue weighted by Crippen LogP contribution is -2.18. The van der Waals surface area contributed by atoms with Crippen LogP contribution in [0.15, 0.2) is 36.4 Å². The molecule has 0 saturated carbocycles. The fraction of sp³-hybridized carbons (Fsp3) is 0.312. The van der Waals surface area contributed by atoms with Gasteiger partial charge in [-0.2, -0.15) is 4.98 Å². The Hall–Kier alpha value is -2.23. The number of nitrogens with two attached hydrogens (primary N) is 1. The van der Waals surface area contributed by atoms with Crippen LogP contribution in [0.1, 0.15) is 18.1 Å². The predicted molar refractivity (Wildman–Crippen MR) is 83.1 cm³/mol. The largest absolute Gasteiger partial charge is 0.476 e. The molecule has 2 N–H and O–H groups in total. The van der Waals surface area contributed by atoms with Crippen molar-refractivity contribution in [2.45, 2.75) is 20.4 Å². The molecule has 2 rings (SSSR count). The van der Waals surface area contributed by atoms with Gasteiger partial charge in [-0.1, -0.05) is 29.8 Å². The molecule has 0 radical (unpaired) electrons. The minimum Gasteiger partial charge on any atom is -0.476 e. The Bertz CT molecular complexity index is 566. The van der Waals surface area contributed by atoms with E-state index in [2.05, 4.69) is 41.1 Å². The molecule has 0 unspecified atom stereocenters. The van der Waals surface area contributed by atoms with Crippen molar-refractivity contribution in [1.82, 2.24) is 4.98 Å². The maximum absolute atomic E-state index is 5.84. The van der Waals surface area contributed by atoms with E-state index in [4.69, 9.17) is 10.5 Å². The van der Waals surface area contributed by atoms with Gasteiger partial charge in [0.1, 0.15) is 5.82 Å². The van der Waals surface area contributed by atoms with E-state index in [1.54, 1.807) is 0 Å². The maximum Gasteiger partial charge on any atom is 0.239 e. The van der Waals surface area contributed by atoms with E-state index in [1.807, 2.05) is 26.1 Å². The molecule has 0 amide bonds. The van der Waals surface area contributed by atoms with Crippen LogP contribution in [0, 0.1) is 6.92 Å². The van der Waals surface area contributed by atoms with E-state index in [1.165, 1.54) is 11.1 Å². The first-order valence-corrected chi connectivity index (χ1v) is 6.76. The van der Waals surface area contributed by atoms with Crippen molar-refractivity contribution in [3.05, 3.63) is 47.5 Å². The normalized spacial score (nSPS) is 10.3. The number of rotatable bonds is 5. The quantitative estimate of drug-likeness (QED) is 0.908. The van der Waals surface area contributed by atoms with Gasteiger partial charge in [0, 0.05) is 13.6 Å². The number of ether oxygens (including phenoxy) is 1. The van der Waals surface area contributed by atoms with Crippen molar-refractivity contribution in [3.8, 4) is 5.88 Å². The summed E-state index contributed by atoms with van der Waals surface area (Å²) in [7, 11) is 2.01. The van der Waals surface area contributed by atoms with Gasteiger partial charge < -0.3 is 15.4 Å². The molecule has 0 aliphatic heterocycles. The number of aromatic nitrogens is 1. The lowest BCUT2D eigenvalue weighted by molar-refractivity contribution is 0.329. The third-order valence-electron chi connectivity index (χ3n) is 3.09. The van der Waals surface area contributed by atoms with Gasteiger partial charge in [0.2, 0.25) is 5.88 Å². The van der Waals surface area contributed by atoms with Crippen molar-refractivity contribution in [1.29, 1.82) is 0 Å². The van der Waals surface area contributed by atoms with E-state index in [-0.39, 0.29) is 0 Å². The topological polar surface area (TPSA) is 51.4 Å². The molecule has 20 heavy (non-hydrogen) atoms. The SMILES string of the molecule is CCOc1nc(N(C)Cc2ccc(C)cc2)ccc1N. The number of aryl methyl sites for hydroxylation is 1. The molecule has 1 heterocycles. The molecule has 0 spiro atoms. The van der Waals surface area contributed by atoms with Gasteiger partial charge in [0.15, 0.2) is 0 Å². The number of anilines is 2. The second kappa shape index (κ2) is 6.28. The molecule has 4 nitrogen and oxygen atoms in total. The summed E-state index contributed by atoms with van der Waals surface area (Å²) >= 11 is 0. The fourth-order valence-electron chi connectivity index (χ4n) is 1.95. The van der Waals surface area contributed by atoms with Crippen LogP contribution in [-0.4, -0.2) is 18.6 Å². The molecule has 0 aliphatic rings. The van der Waals surface area contributed by atoms with E-state index in [0.717, 1.165) is 12.4 Å². The number of nitrogen functional groups attached to an aromatic ring is 1.